The lowest BCUT2D eigenvalue weighted by Crippen LogP contribution is -2.44. The summed E-state index contributed by atoms with van der Waals surface area (Å²) in [6.45, 7) is 2.99. The quantitative estimate of drug-likeness (QED) is 0.914. The van der Waals surface area contributed by atoms with Crippen LogP contribution in [0.2, 0.25) is 0 Å². The molecule has 1 aromatic rings. The van der Waals surface area contributed by atoms with Crippen LogP contribution in [0.15, 0.2) is 4.52 Å². The average Bonchev–Trinajstić information content (AvgIpc) is 2.95. The molecule has 0 amide bonds. The van der Waals surface area contributed by atoms with E-state index in [1.54, 1.807) is 0 Å². The molecule has 5 heteroatoms. The van der Waals surface area contributed by atoms with Crippen LogP contribution < -0.4 is 5.32 Å². The summed E-state index contributed by atoms with van der Waals surface area (Å²) in [7, 11) is 2.13. The zero-order valence-corrected chi connectivity index (χ0v) is 12.5. The van der Waals surface area contributed by atoms with Crippen molar-refractivity contribution in [3.8, 4) is 0 Å². The van der Waals surface area contributed by atoms with Crippen molar-refractivity contribution in [2.24, 2.45) is 5.92 Å². The summed E-state index contributed by atoms with van der Waals surface area (Å²) < 4.78 is 5.44. The molecule has 0 spiro atoms. The molecule has 5 nitrogen and oxygen atoms in total. The first-order valence-corrected chi connectivity index (χ1v) is 8.06. The van der Waals surface area contributed by atoms with Crippen LogP contribution in [0.1, 0.15) is 56.3 Å². The first-order chi connectivity index (χ1) is 9.83. The first-order valence-electron chi connectivity index (χ1n) is 8.06. The van der Waals surface area contributed by atoms with Gasteiger partial charge in [0.25, 0.3) is 0 Å². The molecule has 2 aliphatic rings. The summed E-state index contributed by atoms with van der Waals surface area (Å²) in [5.74, 6) is 2.54. The zero-order valence-electron chi connectivity index (χ0n) is 12.5. The first kappa shape index (κ1) is 14.0. The molecule has 112 valence electrons. The van der Waals surface area contributed by atoms with Gasteiger partial charge in [0.05, 0.1) is 6.04 Å². The lowest BCUT2D eigenvalue weighted by molar-refractivity contribution is 0.190. The van der Waals surface area contributed by atoms with Crippen LogP contribution in [-0.2, 0) is 6.42 Å². The van der Waals surface area contributed by atoms with E-state index in [9.17, 15) is 0 Å². The maximum Gasteiger partial charge on any atom is 0.226 e. The standard InChI is InChI=1S/C15H26N4O/c1-19-10-9-16-11-13(19)15-17-14(20-18-15)8-7-12-5-3-2-4-6-12/h12-13,16H,2-11H2,1H3. The number of nitrogens with zero attached hydrogens (tertiary/aromatic N) is 3. The van der Waals surface area contributed by atoms with E-state index in [4.69, 9.17) is 4.52 Å². The minimum absolute atomic E-state index is 0.260. The fourth-order valence-electron chi connectivity index (χ4n) is 3.40. The Morgan fingerprint density at radius 3 is 2.95 bits per heavy atom. The molecule has 0 aromatic carbocycles. The molecule has 3 rings (SSSR count). The van der Waals surface area contributed by atoms with Gasteiger partial charge in [-0.2, -0.15) is 4.98 Å². The molecule has 1 aliphatic carbocycles. The SMILES string of the molecule is CN1CCNCC1c1noc(CCC2CCCCC2)n1. The van der Waals surface area contributed by atoms with Gasteiger partial charge >= 0.3 is 0 Å². The largest absolute Gasteiger partial charge is 0.339 e. The van der Waals surface area contributed by atoms with Crippen LogP contribution in [0.5, 0.6) is 0 Å². The molecule has 1 saturated carbocycles. The fraction of sp³-hybridized carbons (Fsp3) is 0.867. The van der Waals surface area contributed by atoms with Gasteiger partial charge < -0.3 is 9.84 Å². The highest BCUT2D eigenvalue weighted by atomic mass is 16.5. The number of piperazine rings is 1. The third-order valence-electron chi connectivity index (χ3n) is 4.78. The van der Waals surface area contributed by atoms with Gasteiger partial charge in [0.1, 0.15) is 0 Å². The van der Waals surface area contributed by atoms with Crippen molar-refractivity contribution in [3.63, 3.8) is 0 Å². The molecule has 0 bridgehead atoms. The highest BCUT2D eigenvalue weighted by Crippen LogP contribution is 2.27. The number of hydrogen-bond acceptors (Lipinski definition) is 5. The number of likely N-dealkylation sites (N-methyl/N-ethyl adjacent to an activating group) is 1. The number of aryl methyl sites for hydroxylation is 1. The minimum atomic E-state index is 0.260. The topological polar surface area (TPSA) is 54.2 Å². The lowest BCUT2D eigenvalue weighted by Gasteiger charge is -2.30. The summed E-state index contributed by atoms with van der Waals surface area (Å²) in [5, 5.41) is 7.58. The Morgan fingerprint density at radius 2 is 2.15 bits per heavy atom. The predicted molar refractivity (Wildman–Crippen MR) is 77.4 cm³/mol. The fourth-order valence-corrected chi connectivity index (χ4v) is 3.40. The zero-order chi connectivity index (χ0) is 13.8. The van der Waals surface area contributed by atoms with Crippen molar-refractivity contribution < 1.29 is 4.52 Å². The van der Waals surface area contributed by atoms with Crippen molar-refractivity contribution in [2.45, 2.75) is 51.0 Å². The number of nitrogens with one attached hydrogen (secondary N) is 1. The van der Waals surface area contributed by atoms with Gasteiger partial charge in [-0.1, -0.05) is 37.3 Å². The summed E-state index contributed by atoms with van der Waals surface area (Å²) in [5.41, 5.74) is 0. The summed E-state index contributed by atoms with van der Waals surface area (Å²) in [6, 6.07) is 0.260. The minimum Gasteiger partial charge on any atom is -0.339 e. The van der Waals surface area contributed by atoms with Gasteiger partial charge in [0.15, 0.2) is 5.82 Å². The van der Waals surface area contributed by atoms with E-state index in [1.165, 1.54) is 38.5 Å². The van der Waals surface area contributed by atoms with E-state index in [0.717, 1.165) is 43.7 Å². The van der Waals surface area contributed by atoms with Gasteiger partial charge in [-0.05, 0) is 19.4 Å². The molecule has 2 fully saturated rings. The van der Waals surface area contributed by atoms with Crippen molar-refractivity contribution in [1.29, 1.82) is 0 Å². The van der Waals surface area contributed by atoms with Gasteiger partial charge in [-0.25, -0.2) is 0 Å². The van der Waals surface area contributed by atoms with Crippen LogP contribution >= 0.6 is 0 Å². The van der Waals surface area contributed by atoms with Gasteiger partial charge in [-0.3, -0.25) is 4.90 Å². The molecule has 0 radical (unpaired) electrons. The van der Waals surface area contributed by atoms with Crippen LogP contribution in [0.3, 0.4) is 0 Å². The second kappa shape index (κ2) is 6.68. The highest BCUT2D eigenvalue weighted by Gasteiger charge is 2.25. The van der Waals surface area contributed by atoms with Crippen LogP contribution in [-0.4, -0.2) is 41.7 Å². The molecule has 1 saturated heterocycles. The molecule has 1 aromatic heterocycles. The van der Waals surface area contributed by atoms with E-state index >= 15 is 0 Å². The van der Waals surface area contributed by atoms with E-state index in [0.29, 0.717) is 0 Å². The Labute approximate surface area is 121 Å². The Morgan fingerprint density at radius 1 is 1.30 bits per heavy atom. The maximum absolute atomic E-state index is 5.44. The third kappa shape index (κ3) is 3.38. The highest BCUT2D eigenvalue weighted by molar-refractivity contribution is 4.97. The molecular weight excluding hydrogens is 252 g/mol. The van der Waals surface area contributed by atoms with Crippen molar-refractivity contribution >= 4 is 0 Å². The lowest BCUT2D eigenvalue weighted by atomic mass is 9.86. The normalized spacial score (nSPS) is 25.9. The molecule has 1 atom stereocenters. The molecule has 1 N–H and O–H groups in total. The van der Waals surface area contributed by atoms with Crippen molar-refractivity contribution in [1.82, 2.24) is 20.4 Å². The number of aromatic nitrogens is 2. The smallest absolute Gasteiger partial charge is 0.226 e. The van der Waals surface area contributed by atoms with Crippen LogP contribution in [0.25, 0.3) is 0 Å². The molecule has 1 unspecified atom stereocenters. The Kier molecular flexibility index (Phi) is 4.68. The summed E-state index contributed by atoms with van der Waals surface area (Å²) in [4.78, 5) is 6.91. The summed E-state index contributed by atoms with van der Waals surface area (Å²) >= 11 is 0. The second-order valence-electron chi connectivity index (χ2n) is 6.29. The maximum atomic E-state index is 5.44. The van der Waals surface area contributed by atoms with E-state index in [-0.39, 0.29) is 6.04 Å². The van der Waals surface area contributed by atoms with Crippen molar-refractivity contribution in [3.05, 3.63) is 11.7 Å². The summed E-state index contributed by atoms with van der Waals surface area (Å²) in [6.07, 6.45) is 9.15. The second-order valence-corrected chi connectivity index (χ2v) is 6.29. The molecule has 20 heavy (non-hydrogen) atoms. The van der Waals surface area contributed by atoms with Gasteiger partial charge in [-0.15, -0.1) is 0 Å². The molecule has 1 aliphatic heterocycles. The number of hydrogen-bond donors (Lipinski definition) is 1. The van der Waals surface area contributed by atoms with E-state index < -0.39 is 0 Å². The Balaban J connectivity index is 1.53. The van der Waals surface area contributed by atoms with E-state index in [1.807, 2.05) is 0 Å². The third-order valence-corrected chi connectivity index (χ3v) is 4.78. The van der Waals surface area contributed by atoms with E-state index in [2.05, 4.69) is 27.4 Å². The monoisotopic (exact) mass is 278 g/mol. The Bertz CT molecular complexity index is 414. The van der Waals surface area contributed by atoms with Gasteiger partial charge in [0, 0.05) is 26.1 Å². The van der Waals surface area contributed by atoms with Crippen LogP contribution in [0, 0.1) is 5.92 Å². The van der Waals surface area contributed by atoms with Crippen molar-refractivity contribution in [2.75, 3.05) is 26.7 Å². The molecule has 2 heterocycles. The Hall–Kier alpha value is -0.940. The molecular formula is C15H26N4O. The number of rotatable bonds is 4. The van der Waals surface area contributed by atoms with Crippen LogP contribution in [0.4, 0.5) is 0 Å². The predicted octanol–water partition coefficient (Wildman–Crippen LogP) is 2.16. The van der Waals surface area contributed by atoms with Gasteiger partial charge in [0.2, 0.25) is 5.89 Å². The average molecular weight is 278 g/mol.